The standard InChI is InChI=1S/C21H23N3O6/c1-14(23-24-21(26)30-13-15-3-6-17(27-2)7-4-15)11-20(25)22-16-5-8-18-19(12-16)29-10-9-28-18/h3-8,12H,9-11,13H2,1-2H3,(H,22,25)(H,24,26). The molecule has 0 unspecified atom stereocenters. The Hall–Kier alpha value is -3.75. The lowest BCUT2D eigenvalue weighted by Crippen LogP contribution is -2.22. The van der Waals surface area contributed by atoms with Gasteiger partial charge in [0, 0.05) is 17.5 Å². The first-order valence-electron chi connectivity index (χ1n) is 9.32. The van der Waals surface area contributed by atoms with E-state index in [-0.39, 0.29) is 18.9 Å². The van der Waals surface area contributed by atoms with Gasteiger partial charge in [0.1, 0.15) is 25.6 Å². The van der Waals surface area contributed by atoms with Crippen LogP contribution < -0.4 is 25.0 Å². The largest absolute Gasteiger partial charge is 0.497 e. The zero-order valence-corrected chi connectivity index (χ0v) is 16.8. The fourth-order valence-electron chi connectivity index (χ4n) is 2.64. The van der Waals surface area contributed by atoms with Gasteiger partial charge in [-0.3, -0.25) is 4.79 Å². The van der Waals surface area contributed by atoms with Crippen LogP contribution in [0.3, 0.4) is 0 Å². The lowest BCUT2D eigenvalue weighted by molar-refractivity contribution is -0.115. The van der Waals surface area contributed by atoms with Gasteiger partial charge in [0.15, 0.2) is 11.5 Å². The average Bonchev–Trinajstić information content (AvgIpc) is 2.76. The van der Waals surface area contributed by atoms with E-state index in [1.54, 1.807) is 56.5 Å². The van der Waals surface area contributed by atoms with E-state index in [0.717, 1.165) is 11.3 Å². The Morgan fingerprint density at radius 1 is 1.07 bits per heavy atom. The minimum absolute atomic E-state index is 0.00714. The topological polar surface area (TPSA) is 107 Å². The van der Waals surface area contributed by atoms with Crippen molar-refractivity contribution in [2.24, 2.45) is 5.10 Å². The number of hydrogen-bond acceptors (Lipinski definition) is 7. The van der Waals surface area contributed by atoms with E-state index >= 15 is 0 Å². The highest BCUT2D eigenvalue weighted by molar-refractivity contribution is 6.05. The van der Waals surface area contributed by atoms with Gasteiger partial charge in [-0.25, -0.2) is 10.2 Å². The summed E-state index contributed by atoms with van der Waals surface area (Å²) in [5.41, 5.74) is 4.09. The van der Waals surface area contributed by atoms with Crippen LogP contribution >= 0.6 is 0 Å². The molecule has 0 saturated heterocycles. The van der Waals surface area contributed by atoms with E-state index in [0.29, 0.717) is 36.1 Å². The van der Waals surface area contributed by atoms with Crippen molar-refractivity contribution in [3.8, 4) is 17.2 Å². The summed E-state index contributed by atoms with van der Waals surface area (Å²) in [7, 11) is 1.58. The molecule has 30 heavy (non-hydrogen) atoms. The summed E-state index contributed by atoms with van der Waals surface area (Å²) in [4.78, 5) is 23.9. The van der Waals surface area contributed by atoms with Gasteiger partial charge >= 0.3 is 6.09 Å². The number of carbonyl (C=O) groups is 2. The number of ether oxygens (including phenoxy) is 4. The number of carbonyl (C=O) groups excluding carboxylic acids is 2. The molecular formula is C21H23N3O6. The van der Waals surface area contributed by atoms with Crippen LogP contribution in [0.25, 0.3) is 0 Å². The first-order chi connectivity index (χ1) is 14.5. The number of anilines is 1. The minimum Gasteiger partial charge on any atom is -0.497 e. The first kappa shape index (κ1) is 21.0. The maximum atomic E-state index is 12.2. The molecule has 2 aromatic rings. The van der Waals surface area contributed by atoms with Crippen molar-refractivity contribution in [3.05, 3.63) is 48.0 Å². The summed E-state index contributed by atoms with van der Waals surface area (Å²) in [6.07, 6.45) is -0.704. The zero-order valence-electron chi connectivity index (χ0n) is 16.8. The van der Waals surface area contributed by atoms with Gasteiger partial charge in [-0.15, -0.1) is 0 Å². The highest BCUT2D eigenvalue weighted by atomic mass is 16.6. The predicted octanol–water partition coefficient (Wildman–Crippen LogP) is 3.10. The van der Waals surface area contributed by atoms with E-state index in [1.807, 2.05) is 0 Å². The third-order valence-electron chi connectivity index (χ3n) is 4.11. The molecule has 1 aliphatic rings. The highest BCUT2D eigenvalue weighted by Gasteiger charge is 2.13. The van der Waals surface area contributed by atoms with Crippen molar-refractivity contribution in [1.82, 2.24) is 5.43 Å². The Morgan fingerprint density at radius 2 is 1.80 bits per heavy atom. The van der Waals surface area contributed by atoms with Crippen LogP contribution in [0, 0.1) is 0 Å². The molecule has 158 valence electrons. The Bertz CT molecular complexity index is 927. The number of rotatable bonds is 7. The third kappa shape index (κ3) is 6.13. The number of hydrazone groups is 1. The van der Waals surface area contributed by atoms with E-state index < -0.39 is 6.09 Å². The van der Waals surface area contributed by atoms with Crippen LogP contribution in [0.4, 0.5) is 10.5 Å². The molecule has 3 rings (SSSR count). The second-order valence-corrected chi connectivity index (χ2v) is 6.47. The van der Waals surface area contributed by atoms with Crippen molar-refractivity contribution in [2.75, 3.05) is 25.6 Å². The van der Waals surface area contributed by atoms with Gasteiger partial charge in [0.25, 0.3) is 0 Å². The fourth-order valence-corrected chi connectivity index (χ4v) is 2.64. The summed E-state index contributed by atoms with van der Waals surface area (Å²) in [5, 5.41) is 6.64. The molecule has 9 heteroatoms. The summed E-state index contributed by atoms with van der Waals surface area (Å²) < 4.78 is 21.1. The number of nitrogens with one attached hydrogen (secondary N) is 2. The third-order valence-corrected chi connectivity index (χ3v) is 4.11. The first-order valence-corrected chi connectivity index (χ1v) is 9.32. The number of nitrogens with zero attached hydrogens (tertiary/aromatic N) is 1. The van der Waals surface area contributed by atoms with Gasteiger partial charge < -0.3 is 24.3 Å². The molecule has 0 saturated carbocycles. The van der Waals surface area contributed by atoms with E-state index in [1.165, 1.54) is 0 Å². The number of amides is 2. The molecule has 2 amide bonds. The van der Waals surface area contributed by atoms with Crippen molar-refractivity contribution in [1.29, 1.82) is 0 Å². The van der Waals surface area contributed by atoms with Gasteiger partial charge in [-0.05, 0) is 36.8 Å². The van der Waals surface area contributed by atoms with Gasteiger partial charge in [-0.2, -0.15) is 5.10 Å². The number of benzene rings is 2. The van der Waals surface area contributed by atoms with Crippen LogP contribution in [-0.2, 0) is 16.1 Å². The molecule has 1 heterocycles. The molecule has 0 radical (unpaired) electrons. The normalized spacial score (nSPS) is 12.7. The summed E-state index contributed by atoms with van der Waals surface area (Å²) in [5.74, 6) is 1.68. The van der Waals surface area contributed by atoms with Gasteiger partial charge in [-0.1, -0.05) is 12.1 Å². The lowest BCUT2D eigenvalue weighted by Gasteiger charge is -2.19. The van der Waals surface area contributed by atoms with Crippen LogP contribution in [0.15, 0.2) is 47.6 Å². The SMILES string of the molecule is COc1ccc(COC(=O)NN=C(C)CC(=O)Nc2ccc3c(c2)OCCO3)cc1. The Morgan fingerprint density at radius 3 is 2.53 bits per heavy atom. The monoisotopic (exact) mass is 413 g/mol. The summed E-state index contributed by atoms with van der Waals surface area (Å²) in [6, 6.07) is 12.3. The quantitative estimate of drug-likeness (QED) is 0.534. The highest BCUT2D eigenvalue weighted by Crippen LogP contribution is 2.32. The van der Waals surface area contributed by atoms with Crippen molar-refractivity contribution < 1.29 is 28.5 Å². The smallest absolute Gasteiger partial charge is 0.428 e. The molecule has 1 aliphatic heterocycles. The minimum atomic E-state index is -0.711. The molecule has 0 fully saturated rings. The zero-order chi connectivity index (χ0) is 21.3. The molecule has 0 aliphatic carbocycles. The lowest BCUT2D eigenvalue weighted by atomic mass is 10.2. The Labute approximate surface area is 174 Å². The molecule has 2 aromatic carbocycles. The van der Waals surface area contributed by atoms with E-state index in [4.69, 9.17) is 18.9 Å². The molecule has 0 bridgehead atoms. The Balaban J connectivity index is 1.42. The number of methoxy groups -OCH3 is 1. The molecule has 2 N–H and O–H groups in total. The fraction of sp³-hybridized carbons (Fsp3) is 0.286. The van der Waals surface area contributed by atoms with Crippen LogP contribution in [-0.4, -0.2) is 38.0 Å². The van der Waals surface area contributed by atoms with E-state index in [2.05, 4.69) is 15.8 Å². The second kappa shape index (κ2) is 10.1. The second-order valence-electron chi connectivity index (χ2n) is 6.47. The van der Waals surface area contributed by atoms with Gasteiger partial charge in [0.05, 0.1) is 13.5 Å². The average molecular weight is 413 g/mol. The molecular weight excluding hydrogens is 390 g/mol. The maximum absolute atomic E-state index is 12.2. The summed E-state index contributed by atoms with van der Waals surface area (Å²) >= 11 is 0. The molecule has 0 spiro atoms. The van der Waals surface area contributed by atoms with Crippen LogP contribution in [0.5, 0.6) is 17.2 Å². The van der Waals surface area contributed by atoms with Crippen molar-refractivity contribution >= 4 is 23.4 Å². The number of fused-ring (bicyclic) bond motifs is 1. The Kier molecular flexibility index (Phi) is 7.09. The maximum Gasteiger partial charge on any atom is 0.428 e. The van der Waals surface area contributed by atoms with Gasteiger partial charge in [0.2, 0.25) is 5.91 Å². The van der Waals surface area contributed by atoms with E-state index in [9.17, 15) is 9.59 Å². The number of hydrogen-bond donors (Lipinski definition) is 2. The van der Waals surface area contributed by atoms with Crippen molar-refractivity contribution in [2.45, 2.75) is 20.0 Å². The van der Waals surface area contributed by atoms with Crippen molar-refractivity contribution in [3.63, 3.8) is 0 Å². The molecule has 0 aromatic heterocycles. The molecule has 9 nitrogen and oxygen atoms in total. The predicted molar refractivity (Wildman–Crippen MR) is 110 cm³/mol. The summed E-state index contributed by atoms with van der Waals surface area (Å²) in [6.45, 7) is 2.70. The van der Waals surface area contributed by atoms with Crippen LogP contribution in [0.1, 0.15) is 18.9 Å². The molecule has 0 atom stereocenters. The van der Waals surface area contributed by atoms with Crippen LogP contribution in [0.2, 0.25) is 0 Å².